The summed E-state index contributed by atoms with van der Waals surface area (Å²) in [5.41, 5.74) is -1.63. The quantitative estimate of drug-likeness (QED) is 0.112. The molecule has 0 radical (unpaired) electrons. The van der Waals surface area contributed by atoms with E-state index in [2.05, 4.69) is 20.9 Å². The zero-order valence-corrected chi connectivity index (χ0v) is 39.4. The lowest BCUT2D eigenvalue weighted by molar-refractivity contribution is -0.228. The van der Waals surface area contributed by atoms with Crippen LogP contribution in [0.3, 0.4) is 0 Å². The number of carbonyl (C=O) groups is 4. The number of ether oxygens (including phenoxy) is 5. The summed E-state index contributed by atoms with van der Waals surface area (Å²) in [7, 11) is 6.06. The van der Waals surface area contributed by atoms with Crippen LogP contribution in [-0.2, 0) is 55.4 Å². The number of piperidine rings is 1. The Morgan fingerprint density at radius 1 is 0.939 bits per heavy atom. The number of fused-ring (bicyclic) bond motifs is 6. The zero-order chi connectivity index (χ0) is 47.1. The minimum atomic E-state index is -2.34. The molecule has 15 heteroatoms. The first-order valence-electron chi connectivity index (χ1n) is 23.4. The van der Waals surface area contributed by atoms with Gasteiger partial charge in [-0.2, -0.15) is 0 Å². The Labute approximate surface area is 386 Å². The largest absolute Gasteiger partial charge is 0.496 e. The summed E-state index contributed by atoms with van der Waals surface area (Å²) in [6, 6.07) is 8.56. The van der Waals surface area contributed by atoms with E-state index in [-0.39, 0.29) is 25.0 Å². The van der Waals surface area contributed by atoms with E-state index in [0.717, 1.165) is 27.6 Å². The lowest BCUT2D eigenvalue weighted by Gasteiger charge is -2.63. The van der Waals surface area contributed by atoms with Crippen LogP contribution < -0.4 is 9.64 Å². The van der Waals surface area contributed by atoms with Gasteiger partial charge in [-0.1, -0.05) is 32.1 Å². The molecule has 1 spiro atoms. The van der Waals surface area contributed by atoms with Crippen molar-refractivity contribution in [1.29, 1.82) is 0 Å². The second kappa shape index (κ2) is 16.5. The molecule has 2 bridgehead atoms. The fraction of sp³-hybridized carbons (Fsp3) is 0.569. The number of aromatic nitrogens is 1. The van der Waals surface area contributed by atoms with Crippen molar-refractivity contribution in [3.8, 4) is 5.75 Å². The maximum atomic E-state index is 15.6. The third-order valence-corrected chi connectivity index (χ3v) is 16.4. The summed E-state index contributed by atoms with van der Waals surface area (Å²) >= 11 is 0. The van der Waals surface area contributed by atoms with Gasteiger partial charge in [0, 0.05) is 97.0 Å². The first-order valence-corrected chi connectivity index (χ1v) is 23.4. The Kier molecular flexibility index (Phi) is 11.5. The van der Waals surface area contributed by atoms with Gasteiger partial charge in [-0.05, 0) is 98.9 Å². The standard InChI is InChI=1S/C51H64N4O11/c1-9-47(60)26-32-27-50(45(58)63-7,41-33(17-21-54(28-32)29-47)34-23-31(13-15-37(34)52-41)14-16-40(57)65-11-3)36-24-35-38(25-39(36)62-6)53(5)43-49(35)19-22-55-20-12-18-48(10-2,42(49)55)44(66-30(4)56)51(43,61)46(59)64-8/h12-16,18,23-25,32,42-44,52,60-61H,9-11,17,19-22,26-29H2,1-8H3/b16-14+/t32-,42+,43?,44-,47+,48-,49-,50+,51+/m1/s1. The number of likely N-dealkylation sites (N-methyl/N-ethyl adjacent to an activating group) is 1. The minimum Gasteiger partial charge on any atom is -0.496 e. The lowest BCUT2D eigenvalue weighted by Crippen LogP contribution is -2.81. The highest BCUT2D eigenvalue weighted by Crippen LogP contribution is 2.68. The molecule has 9 rings (SSSR count). The average molecular weight is 909 g/mol. The molecule has 10 atom stereocenters. The number of anilines is 1. The number of hydrogen-bond donors (Lipinski definition) is 3. The molecule has 3 aromatic rings. The van der Waals surface area contributed by atoms with Crippen LogP contribution >= 0.6 is 0 Å². The van der Waals surface area contributed by atoms with E-state index in [4.69, 9.17) is 23.7 Å². The second-order valence-corrected chi connectivity index (χ2v) is 19.5. The van der Waals surface area contributed by atoms with Crippen LogP contribution in [-0.4, -0.2) is 146 Å². The van der Waals surface area contributed by atoms with E-state index < -0.39 is 63.5 Å². The maximum absolute atomic E-state index is 15.6. The lowest BCUT2D eigenvalue weighted by atomic mass is 9.47. The number of nitrogens with zero attached hydrogens (tertiary/aromatic N) is 3. The van der Waals surface area contributed by atoms with Gasteiger partial charge in [0.2, 0.25) is 5.60 Å². The monoisotopic (exact) mass is 908 g/mol. The number of aromatic amines is 1. The third kappa shape index (κ3) is 6.42. The number of methoxy groups -OCH3 is 3. The number of rotatable bonds is 10. The summed E-state index contributed by atoms with van der Waals surface area (Å²) in [6.07, 6.45) is 8.65. The minimum absolute atomic E-state index is 0.170. The summed E-state index contributed by atoms with van der Waals surface area (Å²) in [6.45, 7) is 10.3. The molecule has 354 valence electrons. The van der Waals surface area contributed by atoms with Gasteiger partial charge in [0.1, 0.15) is 11.2 Å². The number of hydrogen-bond acceptors (Lipinski definition) is 14. The summed E-state index contributed by atoms with van der Waals surface area (Å²) in [5, 5.41) is 26.4. The molecule has 2 saturated heterocycles. The van der Waals surface area contributed by atoms with Gasteiger partial charge in [0.25, 0.3) is 0 Å². The molecule has 66 heavy (non-hydrogen) atoms. The van der Waals surface area contributed by atoms with Crippen LogP contribution in [0.25, 0.3) is 17.0 Å². The molecule has 6 heterocycles. The molecule has 3 fully saturated rings. The molecule has 6 aliphatic rings. The van der Waals surface area contributed by atoms with Gasteiger partial charge in [-0.15, -0.1) is 0 Å². The smallest absolute Gasteiger partial charge is 0.344 e. The van der Waals surface area contributed by atoms with Gasteiger partial charge in [0.05, 0.1) is 39.6 Å². The van der Waals surface area contributed by atoms with E-state index in [1.54, 1.807) is 20.1 Å². The van der Waals surface area contributed by atoms with E-state index in [1.165, 1.54) is 27.2 Å². The first-order chi connectivity index (χ1) is 31.5. The molecule has 2 unspecified atom stereocenters. The summed E-state index contributed by atoms with van der Waals surface area (Å²) in [4.78, 5) is 65.9. The van der Waals surface area contributed by atoms with E-state index in [1.807, 2.05) is 62.2 Å². The highest BCUT2D eigenvalue weighted by atomic mass is 16.6. The van der Waals surface area contributed by atoms with Crippen LogP contribution in [0.5, 0.6) is 5.75 Å². The van der Waals surface area contributed by atoms with Crippen molar-refractivity contribution in [2.75, 3.05) is 72.6 Å². The molecular formula is C51H64N4O11. The van der Waals surface area contributed by atoms with Gasteiger partial charge in [0.15, 0.2) is 6.10 Å². The third-order valence-electron chi connectivity index (χ3n) is 16.4. The first kappa shape index (κ1) is 45.9. The average Bonchev–Trinajstić information content (AvgIpc) is 3.97. The Bertz CT molecular complexity index is 2540. The highest BCUT2D eigenvalue weighted by molar-refractivity contribution is 5.96. The van der Waals surface area contributed by atoms with E-state index >= 15 is 4.79 Å². The number of H-pyrrole nitrogens is 1. The van der Waals surface area contributed by atoms with Crippen molar-refractivity contribution in [3.05, 3.63) is 76.5 Å². The van der Waals surface area contributed by atoms with Gasteiger partial charge >= 0.3 is 23.9 Å². The predicted molar refractivity (Wildman–Crippen MR) is 246 cm³/mol. The van der Waals surface area contributed by atoms with Crippen molar-refractivity contribution in [1.82, 2.24) is 14.8 Å². The number of carbonyl (C=O) groups excluding carboxylic acids is 4. The fourth-order valence-electron chi connectivity index (χ4n) is 14.0. The highest BCUT2D eigenvalue weighted by Gasteiger charge is 2.80. The van der Waals surface area contributed by atoms with Crippen LogP contribution in [0.15, 0.2) is 48.6 Å². The molecule has 1 aliphatic carbocycles. The SMILES string of the molecule is CCOC(=O)/C=C/c1ccc2[nH]c3c(c2c1)CCN1C[C@H](C[C@@](O)(CC)C1)C[C@]3(C(=O)OC)c1cc2c(cc1OC)N(C)C1[C@]23CCN2CC=C[C@@](CC)([C@@H](OC(C)=O)[C@]1(O)C(=O)OC)[C@H]23. The van der Waals surface area contributed by atoms with Gasteiger partial charge < -0.3 is 43.8 Å². The normalized spacial score (nSPS) is 34.3. The number of nitrogens with one attached hydrogen (secondary N) is 1. The van der Waals surface area contributed by atoms with Crippen molar-refractivity contribution >= 4 is 46.5 Å². The summed E-state index contributed by atoms with van der Waals surface area (Å²) in [5.74, 6) is -2.24. The van der Waals surface area contributed by atoms with Crippen molar-refractivity contribution in [2.24, 2.45) is 11.3 Å². The molecule has 0 amide bonds. The Hall–Kier alpha value is -5.22. The predicted octanol–water partition coefficient (Wildman–Crippen LogP) is 4.57. The molecule has 3 N–H and O–H groups in total. The Morgan fingerprint density at radius 3 is 2.39 bits per heavy atom. The fourth-order valence-corrected chi connectivity index (χ4v) is 14.0. The number of aliphatic hydroxyl groups is 2. The van der Waals surface area contributed by atoms with Crippen molar-refractivity contribution in [3.63, 3.8) is 0 Å². The van der Waals surface area contributed by atoms with Crippen molar-refractivity contribution < 1.29 is 53.1 Å². The molecule has 2 aromatic carbocycles. The Balaban J connectivity index is 1.34. The van der Waals surface area contributed by atoms with Crippen molar-refractivity contribution in [2.45, 2.75) is 106 Å². The molecule has 15 nitrogen and oxygen atoms in total. The number of benzene rings is 2. The van der Waals surface area contributed by atoms with Crippen LogP contribution in [0.4, 0.5) is 5.69 Å². The molecule has 5 aliphatic heterocycles. The molecular weight excluding hydrogens is 845 g/mol. The van der Waals surface area contributed by atoms with E-state index in [9.17, 15) is 24.6 Å². The maximum Gasteiger partial charge on any atom is 0.344 e. The summed E-state index contributed by atoms with van der Waals surface area (Å²) < 4.78 is 29.2. The Morgan fingerprint density at radius 2 is 1.71 bits per heavy atom. The topological polar surface area (TPSA) is 180 Å². The zero-order valence-electron chi connectivity index (χ0n) is 39.4. The second-order valence-electron chi connectivity index (χ2n) is 19.5. The van der Waals surface area contributed by atoms with Crippen LogP contribution in [0.2, 0.25) is 0 Å². The van der Waals surface area contributed by atoms with Crippen LogP contribution in [0.1, 0.15) is 87.7 Å². The van der Waals surface area contributed by atoms with Crippen LogP contribution in [0, 0.1) is 11.3 Å². The molecule has 1 saturated carbocycles. The van der Waals surface area contributed by atoms with E-state index in [0.29, 0.717) is 87.5 Å². The van der Waals surface area contributed by atoms with Gasteiger partial charge in [-0.25, -0.2) is 9.59 Å². The number of esters is 4. The molecule has 1 aromatic heterocycles. The van der Waals surface area contributed by atoms with Gasteiger partial charge in [-0.3, -0.25) is 19.4 Å².